The quantitative estimate of drug-likeness (QED) is 0.934. The van der Waals surface area contributed by atoms with E-state index in [4.69, 9.17) is 26.7 Å². The summed E-state index contributed by atoms with van der Waals surface area (Å²) in [7, 11) is 0. The number of aromatic carboxylic acids is 1. The molecular formula is C15H10ClNO3. The Morgan fingerprint density at radius 3 is 2.80 bits per heavy atom. The van der Waals surface area contributed by atoms with E-state index >= 15 is 0 Å². The molecule has 0 heterocycles. The molecular weight excluding hydrogens is 278 g/mol. The van der Waals surface area contributed by atoms with Crippen LogP contribution in [0.5, 0.6) is 5.75 Å². The summed E-state index contributed by atoms with van der Waals surface area (Å²) in [5.41, 5.74) is 1.27. The van der Waals surface area contributed by atoms with Crippen molar-refractivity contribution < 1.29 is 14.6 Å². The van der Waals surface area contributed by atoms with Crippen LogP contribution in [0, 0.1) is 11.3 Å². The van der Waals surface area contributed by atoms with Crippen molar-refractivity contribution in [2.45, 2.75) is 6.61 Å². The van der Waals surface area contributed by atoms with Gasteiger partial charge in [-0.1, -0.05) is 23.7 Å². The Morgan fingerprint density at radius 2 is 2.10 bits per heavy atom. The molecule has 2 aromatic rings. The second-order valence-electron chi connectivity index (χ2n) is 4.05. The van der Waals surface area contributed by atoms with Crippen molar-refractivity contribution >= 4 is 17.6 Å². The van der Waals surface area contributed by atoms with Gasteiger partial charge in [-0.05, 0) is 29.8 Å². The van der Waals surface area contributed by atoms with Crippen molar-refractivity contribution in [1.82, 2.24) is 0 Å². The molecule has 5 heteroatoms. The highest BCUT2D eigenvalue weighted by molar-refractivity contribution is 6.30. The fourth-order valence-corrected chi connectivity index (χ4v) is 1.83. The molecule has 0 spiro atoms. The molecule has 0 saturated heterocycles. The maximum Gasteiger partial charge on any atom is 0.335 e. The summed E-state index contributed by atoms with van der Waals surface area (Å²) in [4.78, 5) is 10.9. The van der Waals surface area contributed by atoms with E-state index in [2.05, 4.69) is 0 Å². The number of rotatable bonds is 4. The molecule has 2 rings (SSSR count). The minimum atomic E-state index is -0.993. The van der Waals surface area contributed by atoms with Crippen LogP contribution >= 0.6 is 11.6 Å². The maximum absolute atomic E-state index is 10.9. The fourth-order valence-electron chi connectivity index (χ4n) is 1.66. The van der Waals surface area contributed by atoms with Crippen LogP contribution in [0.4, 0.5) is 0 Å². The SMILES string of the molecule is N#Cc1ccc(Cl)cc1OCc1cccc(C(=O)O)c1. The molecule has 1 N–H and O–H groups in total. The summed E-state index contributed by atoms with van der Waals surface area (Å²) in [5, 5.41) is 18.4. The molecule has 0 atom stereocenters. The monoisotopic (exact) mass is 287 g/mol. The largest absolute Gasteiger partial charge is 0.487 e. The minimum Gasteiger partial charge on any atom is -0.487 e. The van der Waals surface area contributed by atoms with Gasteiger partial charge in [0.05, 0.1) is 11.1 Å². The standard InChI is InChI=1S/C15H10ClNO3/c16-13-5-4-12(8-17)14(7-13)20-9-10-2-1-3-11(6-10)15(18)19/h1-7H,9H2,(H,18,19). The number of nitrogens with zero attached hydrogens (tertiary/aromatic N) is 1. The summed E-state index contributed by atoms with van der Waals surface area (Å²) in [6.45, 7) is 0.163. The van der Waals surface area contributed by atoms with E-state index in [1.807, 2.05) is 6.07 Å². The van der Waals surface area contributed by atoms with Crippen molar-refractivity contribution in [2.24, 2.45) is 0 Å². The van der Waals surface area contributed by atoms with Gasteiger partial charge in [-0.3, -0.25) is 0 Å². The van der Waals surface area contributed by atoms with Gasteiger partial charge in [0.1, 0.15) is 18.4 Å². The molecule has 20 heavy (non-hydrogen) atoms. The molecule has 4 nitrogen and oxygen atoms in total. The van der Waals surface area contributed by atoms with Crippen molar-refractivity contribution in [2.75, 3.05) is 0 Å². The molecule has 2 aromatic carbocycles. The Hall–Kier alpha value is -2.51. The molecule has 100 valence electrons. The van der Waals surface area contributed by atoms with Gasteiger partial charge in [0.2, 0.25) is 0 Å². The fraction of sp³-hybridized carbons (Fsp3) is 0.0667. The number of hydrogen-bond acceptors (Lipinski definition) is 3. The average Bonchev–Trinajstić information content (AvgIpc) is 2.45. The lowest BCUT2D eigenvalue weighted by atomic mass is 10.1. The average molecular weight is 288 g/mol. The summed E-state index contributed by atoms with van der Waals surface area (Å²) in [6, 6.07) is 13.2. The highest BCUT2D eigenvalue weighted by atomic mass is 35.5. The van der Waals surface area contributed by atoms with Gasteiger partial charge in [-0.15, -0.1) is 0 Å². The Bertz CT molecular complexity index is 692. The molecule has 0 saturated carbocycles. The van der Waals surface area contributed by atoms with Crippen molar-refractivity contribution in [1.29, 1.82) is 5.26 Å². The zero-order valence-electron chi connectivity index (χ0n) is 10.3. The van der Waals surface area contributed by atoms with E-state index in [1.165, 1.54) is 12.1 Å². The third-order valence-electron chi connectivity index (χ3n) is 2.63. The number of benzene rings is 2. The molecule has 0 aromatic heterocycles. The van der Waals surface area contributed by atoms with Gasteiger partial charge in [0.25, 0.3) is 0 Å². The second kappa shape index (κ2) is 6.09. The second-order valence-corrected chi connectivity index (χ2v) is 4.48. The Morgan fingerprint density at radius 1 is 1.30 bits per heavy atom. The first kappa shape index (κ1) is 13.9. The molecule has 0 unspecified atom stereocenters. The number of nitriles is 1. The van der Waals surface area contributed by atoms with Gasteiger partial charge in [0.15, 0.2) is 0 Å². The summed E-state index contributed by atoms with van der Waals surface area (Å²) >= 11 is 5.86. The van der Waals surface area contributed by atoms with Crippen molar-refractivity contribution in [3.63, 3.8) is 0 Å². The summed E-state index contributed by atoms with van der Waals surface area (Å²) < 4.78 is 5.53. The van der Waals surface area contributed by atoms with Crippen LogP contribution in [-0.4, -0.2) is 11.1 Å². The molecule has 0 bridgehead atoms. The van der Waals surface area contributed by atoms with Gasteiger partial charge in [0, 0.05) is 11.1 Å². The lowest BCUT2D eigenvalue weighted by molar-refractivity contribution is 0.0696. The summed E-state index contributed by atoms with van der Waals surface area (Å²) in [6.07, 6.45) is 0. The van der Waals surface area contributed by atoms with Gasteiger partial charge >= 0.3 is 5.97 Å². The van der Waals surface area contributed by atoms with Crippen LogP contribution in [0.25, 0.3) is 0 Å². The highest BCUT2D eigenvalue weighted by Gasteiger charge is 2.07. The third-order valence-corrected chi connectivity index (χ3v) is 2.87. The molecule has 0 aliphatic heterocycles. The Balaban J connectivity index is 2.17. The van der Waals surface area contributed by atoms with E-state index in [0.717, 1.165) is 0 Å². The number of carboxylic acid groups (broad SMARTS) is 1. The number of halogens is 1. The topological polar surface area (TPSA) is 70.3 Å². The first-order valence-electron chi connectivity index (χ1n) is 5.75. The predicted molar refractivity (Wildman–Crippen MR) is 73.9 cm³/mol. The lowest BCUT2D eigenvalue weighted by Gasteiger charge is -2.08. The van der Waals surface area contributed by atoms with Crippen LogP contribution in [-0.2, 0) is 6.61 Å². The minimum absolute atomic E-state index is 0.163. The molecule has 0 aliphatic carbocycles. The Labute approximate surface area is 120 Å². The third kappa shape index (κ3) is 3.28. The van der Waals surface area contributed by atoms with E-state index < -0.39 is 5.97 Å². The van der Waals surface area contributed by atoms with Crippen molar-refractivity contribution in [3.8, 4) is 11.8 Å². The van der Waals surface area contributed by atoms with E-state index in [0.29, 0.717) is 21.9 Å². The normalized spacial score (nSPS) is 9.80. The number of carbonyl (C=O) groups is 1. The van der Waals surface area contributed by atoms with E-state index in [9.17, 15) is 4.79 Å². The highest BCUT2D eigenvalue weighted by Crippen LogP contribution is 2.23. The van der Waals surface area contributed by atoms with Crippen molar-refractivity contribution in [3.05, 3.63) is 64.2 Å². The maximum atomic E-state index is 10.9. The van der Waals surface area contributed by atoms with Crippen LogP contribution in [0.2, 0.25) is 5.02 Å². The van der Waals surface area contributed by atoms with Crippen LogP contribution in [0.15, 0.2) is 42.5 Å². The predicted octanol–water partition coefficient (Wildman–Crippen LogP) is 3.49. The van der Waals surface area contributed by atoms with Gasteiger partial charge < -0.3 is 9.84 Å². The Kier molecular flexibility index (Phi) is 4.24. The smallest absolute Gasteiger partial charge is 0.335 e. The zero-order valence-corrected chi connectivity index (χ0v) is 11.1. The van der Waals surface area contributed by atoms with Crippen LogP contribution in [0.1, 0.15) is 21.5 Å². The number of carboxylic acids is 1. The summed E-state index contributed by atoms with van der Waals surface area (Å²) in [5.74, 6) is -0.618. The van der Waals surface area contributed by atoms with Crippen LogP contribution < -0.4 is 4.74 Å². The molecule has 0 radical (unpaired) electrons. The number of ether oxygens (including phenoxy) is 1. The molecule has 0 amide bonds. The zero-order chi connectivity index (χ0) is 14.5. The molecule has 0 fully saturated rings. The molecule has 0 aliphatic rings. The lowest BCUT2D eigenvalue weighted by Crippen LogP contribution is -2.01. The van der Waals surface area contributed by atoms with Crippen LogP contribution in [0.3, 0.4) is 0 Å². The van der Waals surface area contributed by atoms with E-state index in [-0.39, 0.29) is 12.2 Å². The first-order valence-corrected chi connectivity index (χ1v) is 6.12. The first-order chi connectivity index (χ1) is 9.60. The van der Waals surface area contributed by atoms with Gasteiger partial charge in [-0.2, -0.15) is 5.26 Å². The van der Waals surface area contributed by atoms with Gasteiger partial charge in [-0.25, -0.2) is 4.79 Å². The van der Waals surface area contributed by atoms with E-state index in [1.54, 1.807) is 30.3 Å². The number of hydrogen-bond donors (Lipinski definition) is 1.